The number of hydrogen-bond acceptors (Lipinski definition) is 5. The maximum absolute atomic E-state index is 11.5. The molecule has 0 saturated carbocycles. The molecule has 0 radical (unpaired) electrons. The summed E-state index contributed by atoms with van der Waals surface area (Å²) < 4.78 is 5.11. The molecule has 2 aromatic rings. The van der Waals surface area contributed by atoms with E-state index in [1.165, 1.54) is 6.39 Å². The van der Waals surface area contributed by atoms with Crippen LogP contribution in [0, 0.1) is 6.92 Å². The molecule has 6 nitrogen and oxygen atoms in total. The Morgan fingerprint density at radius 2 is 2.28 bits per heavy atom. The minimum absolute atomic E-state index is 0.0776. The number of likely N-dealkylation sites (N-methyl/N-ethyl adjacent to an activating group) is 1. The highest BCUT2D eigenvalue weighted by atomic mass is 16.4. The van der Waals surface area contributed by atoms with E-state index in [1.807, 2.05) is 25.1 Å². The average molecular weight is 246 g/mol. The molecular formula is C12H14N4O2. The molecule has 1 aromatic heterocycles. The number of hydrogen-bond donors (Lipinski definition) is 2. The van der Waals surface area contributed by atoms with Gasteiger partial charge in [-0.2, -0.15) is 0 Å². The second-order valence-corrected chi connectivity index (χ2v) is 3.85. The molecule has 94 valence electrons. The van der Waals surface area contributed by atoms with Crippen molar-refractivity contribution in [2.75, 3.05) is 18.9 Å². The van der Waals surface area contributed by atoms with Crippen LogP contribution in [-0.2, 0) is 4.79 Å². The number of aryl methyl sites for hydroxylation is 1. The van der Waals surface area contributed by atoms with Gasteiger partial charge in [0.2, 0.25) is 18.2 Å². The van der Waals surface area contributed by atoms with Crippen LogP contribution in [0.4, 0.5) is 5.69 Å². The predicted octanol–water partition coefficient (Wildman–Crippen LogP) is 1.20. The van der Waals surface area contributed by atoms with Gasteiger partial charge in [-0.25, -0.2) is 0 Å². The van der Waals surface area contributed by atoms with Crippen molar-refractivity contribution in [3.63, 3.8) is 0 Å². The van der Waals surface area contributed by atoms with Crippen LogP contribution >= 0.6 is 0 Å². The Morgan fingerprint density at radius 3 is 2.89 bits per heavy atom. The fraction of sp³-hybridized carbons (Fsp3) is 0.250. The van der Waals surface area contributed by atoms with Gasteiger partial charge in [-0.1, -0.05) is 0 Å². The Hall–Kier alpha value is -2.21. The zero-order valence-corrected chi connectivity index (χ0v) is 10.2. The Balaban J connectivity index is 2.18. The number of amides is 1. The maximum Gasteiger partial charge on any atom is 0.247 e. The van der Waals surface area contributed by atoms with E-state index >= 15 is 0 Å². The third-order valence-corrected chi connectivity index (χ3v) is 2.44. The minimum atomic E-state index is -0.0776. The lowest BCUT2D eigenvalue weighted by molar-refractivity contribution is -0.115. The molecule has 0 saturated heterocycles. The van der Waals surface area contributed by atoms with Crippen molar-refractivity contribution in [2.45, 2.75) is 6.92 Å². The van der Waals surface area contributed by atoms with Gasteiger partial charge in [-0.3, -0.25) is 4.79 Å². The fourth-order valence-electron chi connectivity index (χ4n) is 1.59. The zero-order chi connectivity index (χ0) is 13.0. The van der Waals surface area contributed by atoms with Gasteiger partial charge in [0.1, 0.15) is 0 Å². The fourth-order valence-corrected chi connectivity index (χ4v) is 1.59. The Kier molecular flexibility index (Phi) is 3.69. The third-order valence-electron chi connectivity index (χ3n) is 2.44. The van der Waals surface area contributed by atoms with Gasteiger partial charge in [0.05, 0.1) is 6.54 Å². The van der Waals surface area contributed by atoms with Crippen molar-refractivity contribution in [3.8, 4) is 11.5 Å². The first kappa shape index (κ1) is 12.3. The highest BCUT2D eigenvalue weighted by molar-refractivity contribution is 5.93. The molecular weight excluding hydrogens is 232 g/mol. The topological polar surface area (TPSA) is 80.0 Å². The molecule has 0 aliphatic rings. The van der Waals surface area contributed by atoms with Crippen LogP contribution in [0.15, 0.2) is 29.0 Å². The van der Waals surface area contributed by atoms with Crippen LogP contribution in [0.1, 0.15) is 5.56 Å². The molecule has 1 aromatic carbocycles. The van der Waals surface area contributed by atoms with E-state index in [0.29, 0.717) is 5.89 Å². The lowest BCUT2D eigenvalue weighted by Gasteiger charge is -2.08. The summed E-state index contributed by atoms with van der Waals surface area (Å²) in [5, 5.41) is 13.1. The highest BCUT2D eigenvalue weighted by Crippen LogP contribution is 2.22. The summed E-state index contributed by atoms with van der Waals surface area (Å²) in [6.07, 6.45) is 1.28. The van der Waals surface area contributed by atoms with Crippen molar-refractivity contribution in [3.05, 3.63) is 30.2 Å². The van der Waals surface area contributed by atoms with Gasteiger partial charge in [0.25, 0.3) is 0 Å². The summed E-state index contributed by atoms with van der Waals surface area (Å²) in [5.41, 5.74) is 2.55. The van der Waals surface area contributed by atoms with Gasteiger partial charge in [-0.15, -0.1) is 10.2 Å². The normalized spacial score (nSPS) is 10.3. The predicted molar refractivity (Wildman–Crippen MR) is 67.0 cm³/mol. The quantitative estimate of drug-likeness (QED) is 0.847. The van der Waals surface area contributed by atoms with Crippen molar-refractivity contribution in [1.82, 2.24) is 15.5 Å². The van der Waals surface area contributed by atoms with E-state index in [2.05, 4.69) is 20.8 Å². The molecule has 1 amide bonds. The monoisotopic (exact) mass is 246 g/mol. The number of rotatable bonds is 4. The summed E-state index contributed by atoms with van der Waals surface area (Å²) in [7, 11) is 1.73. The number of nitrogens with zero attached hydrogens (tertiary/aromatic N) is 2. The van der Waals surface area contributed by atoms with Crippen molar-refractivity contribution in [2.24, 2.45) is 0 Å². The molecule has 18 heavy (non-hydrogen) atoms. The largest absolute Gasteiger partial charge is 0.423 e. The first-order chi connectivity index (χ1) is 8.70. The van der Waals surface area contributed by atoms with Crippen molar-refractivity contribution >= 4 is 11.6 Å². The van der Waals surface area contributed by atoms with Crippen LogP contribution in [0.3, 0.4) is 0 Å². The Labute approximate surface area is 104 Å². The van der Waals surface area contributed by atoms with Crippen molar-refractivity contribution in [1.29, 1.82) is 0 Å². The first-order valence-corrected chi connectivity index (χ1v) is 5.52. The molecule has 0 fully saturated rings. The van der Waals surface area contributed by atoms with Gasteiger partial charge in [0.15, 0.2) is 0 Å². The van der Waals surface area contributed by atoms with E-state index < -0.39 is 0 Å². The van der Waals surface area contributed by atoms with Crippen LogP contribution in [0.25, 0.3) is 11.5 Å². The Morgan fingerprint density at radius 1 is 1.44 bits per heavy atom. The second kappa shape index (κ2) is 5.42. The van der Waals surface area contributed by atoms with E-state index in [9.17, 15) is 4.79 Å². The molecule has 2 N–H and O–H groups in total. The number of carbonyl (C=O) groups excluding carboxylic acids is 1. The maximum atomic E-state index is 11.5. The summed E-state index contributed by atoms with van der Waals surface area (Å²) >= 11 is 0. The van der Waals surface area contributed by atoms with Crippen LogP contribution in [0.2, 0.25) is 0 Å². The summed E-state index contributed by atoms with van der Waals surface area (Å²) in [6, 6.07) is 5.54. The standard InChI is InChI=1S/C12H14N4O2/c1-8-5-9(12-16-14-7-18-12)3-4-10(8)15-11(17)6-13-2/h3-5,7,13H,6H2,1-2H3,(H,15,17). The number of aromatic nitrogens is 2. The van der Waals surface area contributed by atoms with E-state index in [4.69, 9.17) is 4.42 Å². The first-order valence-electron chi connectivity index (χ1n) is 5.52. The second-order valence-electron chi connectivity index (χ2n) is 3.85. The number of anilines is 1. The molecule has 0 unspecified atom stereocenters. The van der Waals surface area contributed by atoms with Crippen LogP contribution in [0.5, 0.6) is 0 Å². The zero-order valence-electron chi connectivity index (χ0n) is 10.2. The van der Waals surface area contributed by atoms with E-state index in [1.54, 1.807) is 7.05 Å². The van der Waals surface area contributed by atoms with Gasteiger partial charge in [0, 0.05) is 11.3 Å². The minimum Gasteiger partial charge on any atom is -0.423 e. The lowest BCUT2D eigenvalue weighted by atomic mass is 10.1. The molecule has 0 aliphatic heterocycles. The number of nitrogens with one attached hydrogen (secondary N) is 2. The molecule has 0 aliphatic carbocycles. The van der Waals surface area contributed by atoms with Gasteiger partial charge < -0.3 is 15.1 Å². The lowest BCUT2D eigenvalue weighted by Crippen LogP contribution is -2.25. The molecule has 1 heterocycles. The molecule has 2 rings (SSSR count). The van der Waals surface area contributed by atoms with Crippen molar-refractivity contribution < 1.29 is 9.21 Å². The smallest absolute Gasteiger partial charge is 0.247 e. The van der Waals surface area contributed by atoms with E-state index in [0.717, 1.165) is 16.8 Å². The summed E-state index contributed by atoms with van der Waals surface area (Å²) in [6.45, 7) is 2.19. The highest BCUT2D eigenvalue weighted by Gasteiger charge is 2.08. The SMILES string of the molecule is CNCC(=O)Nc1ccc(-c2nnco2)cc1C. The van der Waals surface area contributed by atoms with E-state index in [-0.39, 0.29) is 12.5 Å². The molecule has 0 spiro atoms. The van der Waals surface area contributed by atoms with Gasteiger partial charge in [-0.05, 0) is 37.7 Å². The molecule has 6 heteroatoms. The number of carbonyl (C=O) groups is 1. The number of benzene rings is 1. The Bertz CT molecular complexity index is 537. The molecule has 0 bridgehead atoms. The molecule has 0 atom stereocenters. The summed E-state index contributed by atoms with van der Waals surface area (Å²) in [5.74, 6) is 0.386. The van der Waals surface area contributed by atoms with Crippen LogP contribution < -0.4 is 10.6 Å². The summed E-state index contributed by atoms with van der Waals surface area (Å²) in [4.78, 5) is 11.5. The third kappa shape index (κ3) is 2.72. The average Bonchev–Trinajstić information content (AvgIpc) is 2.85. The van der Waals surface area contributed by atoms with Gasteiger partial charge >= 0.3 is 0 Å². The van der Waals surface area contributed by atoms with Crippen LogP contribution in [-0.4, -0.2) is 29.7 Å².